The molecule has 0 saturated heterocycles. The molecular weight excluding hydrogens is 286 g/mol. The zero-order chi connectivity index (χ0) is 15.6. The Morgan fingerprint density at radius 3 is 2.09 bits per heavy atom. The van der Waals surface area contributed by atoms with Crippen molar-refractivity contribution < 1.29 is 28.4 Å². The third-order valence-corrected chi connectivity index (χ3v) is 5.03. The summed E-state index contributed by atoms with van der Waals surface area (Å²) in [6.07, 6.45) is 0. The fourth-order valence-corrected chi connectivity index (χ4v) is 3.61. The van der Waals surface area contributed by atoms with Crippen molar-refractivity contribution in [3.05, 3.63) is 58.1 Å². The van der Waals surface area contributed by atoms with Gasteiger partial charge in [-0.1, -0.05) is 18.2 Å². The second kappa shape index (κ2) is 7.98. The third-order valence-electron chi connectivity index (χ3n) is 3.93. The van der Waals surface area contributed by atoms with E-state index in [4.69, 9.17) is 4.74 Å². The molecule has 22 heavy (non-hydrogen) atoms. The summed E-state index contributed by atoms with van der Waals surface area (Å²) in [5.41, 5.74) is 5.73. The molecule has 0 saturated carbocycles. The van der Waals surface area contributed by atoms with E-state index in [1.807, 2.05) is 38.1 Å². The number of hydrogen-bond acceptors (Lipinski definition) is 2. The first-order valence-electron chi connectivity index (χ1n) is 6.97. The van der Waals surface area contributed by atoms with Gasteiger partial charge in [-0.05, 0) is 76.0 Å². The Bertz CT molecular complexity index is 678. The van der Waals surface area contributed by atoms with Crippen LogP contribution in [-0.4, -0.2) is 12.6 Å². The molecule has 0 aliphatic carbocycles. The van der Waals surface area contributed by atoms with E-state index in [2.05, 4.69) is 19.9 Å². The summed E-state index contributed by atoms with van der Waals surface area (Å²) >= 11 is 0. The van der Waals surface area contributed by atoms with E-state index in [0.29, 0.717) is 0 Å². The molecule has 110 valence electrons. The first-order chi connectivity index (χ1) is 9.93. The Kier molecular flexibility index (Phi) is 6.88. The van der Waals surface area contributed by atoms with Gasteiger partial charge in [-0.25, -0.2) is 0 Å². The third kappa shape index (κ3) is 4.02. The minimum absolute atomic E-state index is 0. The number of carbonyl (C=O) groups is 1. The Balaban J connectivity index is 0.00000242. The zero-order valence-electron chi connectivity index (χ0n) is 14.2. The molecule has 4 heteroatoms. The molecule has 0 heterocycles. The van der Waals surface area contributed by atoms with Crippen molar-refractivity contribution in [2.75, 3.05) is 7.11 Å². The smallest absolute Gasteiger partial charge is 0.497 e. The number of carbonyl (C=O) groups excluding carboxylic acids is 1. The van der Waals surface area contributed by atoms with Crippen LogP contribution < -0.4 is 28.9 Å². The van der Waals surface area contributed by atoms with Gasteiger partial charge in [-0.3, -0.25) is 4.79 Å². The molecule has 1 unspecified atom stereocenters. The van der Waals surface area contributed by atoms with Crippen LogP contribution in [0.15, 0.2) is 30.3 Å². The van der Waals surface area contributed by atoms with E-state index in [-0.39, 0.29) is 33.0 Å². The summed E-state index contributed by atoms with van der Waals surface area (Å²) < 4.78 is 5.14. The fraction of sp³-hybridized carbons (Fsp3) is 0.278. The second-order valence-electron chi connectivity index (χ2n) is 5.32. The van der Waals surface area contributed by atoms with Gasteiger partial charge in [0.1, 0.15) is 5.75 Å². The minimum atomic E-state index is 0. The van der Waals surface area contributed by atoms with Crippen molar-refractivity contribution in [1.29, 1.82) is 0 Å². The van der Waals surface area contributed by atoms with E-state index in [1.165, 1.54) is 11.1 Å². The van der Waals surface area contributed by atoms with Crippen LogP contribution >= 0.6 is 8.58 Å². The maximum Gasteiger partial charge on any atom is 1.00 e. The molecule has 2 rings (SSSR count). The number of methoxy groups -OCH3 is 1. The molecule has 0 bridgehead atoms. The Labute approximate surface area is 146 Å². The molecule has 2 aromatic rings. The van der Waals surface area contributed by atoms with Gasteiger partial charge < -0.3 is 4.74 Å². The van der Waals surface area contributed by atoms with Crippen molar-refractivity contribution in [3.63, 3.8) is 0 Å². The Morgan fingerprint density at radius 2 is 1.55 bits per heavy atom. The number of benzene rings is 2. The van der Waals surface area contributed by atoms with Crippen molar-refractivity contribution in [3.8, 4) is 5.75 Å². The average molecular weight is 307 g/mol. The number of hydrogen-bond donors (Lipinski definition) is 0. The van der Waals surface area contributed by atoms with Gasteiger partial charge in [0.25, 0.3) is 0 Å². The van der Waals surface area contributed by atoms with Crippen LogP contribution in [-0.2, 0) is 0 Å². The van der Waals surface area contributed by atoms with Gasteiger partial charge in [0, 0.05) is 5.56 Å². The molecule has 0 amide bonds. The fourth-order valence-electron chi connectivity index (χ4n) is 2.50. The van der Waals surface area contributed by atoms with Gasteiger partial charge in [0.05, 0.1) is 7.11 Å². The normalized spacial score (nSPS) is 10.6. The van der Waals surface area contributed by atoms with E-state index in [9.17, 15) is 4.79 Å². The van der Waals surface area contributed by atoms with Crippen LogP contribution in [0, 0.1) is 27.7 Å². The summed E-state index contributed by atoms with van der Waals surface area (Å²) in [4.78, 5) is 12.7. The van der Waals surface area contributed by atoms with Crippen LogP contribution in [0.2, 0.25) is 0 Å². The van der Waals surface area contributed by atoms with Crippen LogP contribution in [0.3, 0.4) is 0 Å². The monoisotopic (exact) mass is 307 g/mol. The van der Waals surface area contributed by atoms with Gasteiger partial charge in [-0.2, -0.15) is 0 Å². The number of rotatable bonds is 4. The first kappa shape index (κ1) is 19.0. The molecule has 0 spiro atoms. The molecular formula is C18H21LiO2P+. The van der Waals surface area contributed by atoms with E-state index < -0.39 is 0 Å². The van der Waals surface area contributed by atoms with Crippen molar-refractivity contribution in [2.45, 2.75) is 27.7 Å². The SMILES string of the molecule is COc1ccc(PC(=O)c2c(C)cc(C)c(C)c2C)cc1.[Li+]. The molecule has 2 nitrogen and oxygen atoms in total. The zero-order valence-corrected chi connectivity index (χ0v) is 15.2. The average Bonchev–Trinajstić information content (AvgIpc) is 2.45. The van der Waals surface area contributed by atoms with Gasteiger partial charge >= 0.3 is 18.9 Å². The maximum atomic E-state index is 12.7. The van der Waals surface area contributed by atoms with Crippen molar-refractivity contribution in [2.24, 2.45) is 0 Å². The summed E-state index contributed by atoms with van der Waals surface area (Å²) in [5, 5.41) is 1.04. The van der Waals surface area contributed by atoms with Crippen LogP contribution in [0.4, 0.5) is 0 Å². The number of aryl methyl sites for hydroxylation is 2. The summed E-state index contributed by atoms with van der Waals surface area (Å²) in [5.74, 6) is 0.814. The van der Waals surface area contributed by atoms with E-state index in [1.54, 1.807) is 7.11 Å². The summed E-state index contributed by atoms with van der Waals surface area (Å²) in [6.45, 7) is 8.24. The van der Waals surface area contributed by atoms with Crippen LogP contribution in [0.25, 0.3) is 0 Å². The topological polar surface area (TPSA) is 26.3 Å². The number of ether oxygens (including phenoxy) is 1. The first-order valence-corrected chi connectivity index (χ1v) is 7.97. The predicted molar refractivity (Wildman–Crippen MR) is 90.7 cm³/mol. The van der Waals surface area contributed by atoms with Gasteiger partial charge in [0.15, 0.2) is 5.52 Å². The van der Waals surface area contributed by atoms with E-state index >= 15 is 0 Å². The molecule has 0 fully saturated rings. The predicted octanol–water partition coefficient (Wildman–Crippen LogP) is 1.08. The second-order valence-corrected chi connectivity index (χ2v) is 6.60. The minimum Gasteiger partial charge on any atom is -0.497 e. The molecule has 2 aromatic carbocycles. The standard InChI is InChI=1S/C18H21O2P.Li/c1-11-10-12(2)17(14(4)13(11)3)18(19)21-16-8-6-15(20-5)7-9-16;/h6-10,21H,1-5H3;/q;+1. The molecule has 0 aliphatic heterocycles. The van der Waals surface area contributed by atoms with Crippen LogP contribution in [0.5, 0.6) is 5.75 Å². The van der Waals surface area contributed by atoms with E-state index in [0.717, 1.165) is 27.7 Å². The summed E-state index contributed by atoms with van der Waals surface area (Å²) in [6, 6.07) is 9.82. The van der Waals surface area contributed by atoms with Gasteiger partial charge in [0.2, 0.25) is 0 Å². The maximum absolute atomic E-state index is 12.7. The molecule has 1 atom stereocenters. The van der Waals surface area contributed by atoms with Gasteiger partial charge in [-0.15, -0.1) is 0 Å². The quantitative estimate of drug-likeness (QED) is 0.624. The Morgan fingerprint density at radius 1 is 0.955 bits per heavy atom. The van der Waals surface area contributed by atoms with Crippen molar-refractivity contribution in [1.82, 2.24) is 0 Å². The molecule has 0 aromatic heterocycles. The molecule has 0 radical (unpaired) electrons. The largest absolute Gasteiger partial charge is 1.00 e. The molecule has 0 N–H and O–H groups in total. The van der Waals surface area contributed by atoms with Crippen molar-refractivity contribution >= 4 is 19.4 Å². The van der Waals surface area contributed by atoms with Crippen LogP contribution in [0.1, 0.15) is 32.6 Å². The summed E-state index contributed by atoms with van der Waals surface area (Å²) in [7, 11) is 1.79. The molecule has 0 aliphatic rings. The Hall–Kier alpha value is -1.06.